The zero-order valence-corrected chi connectivity index (χ0v) is 8.36. The zero-order chi connectivity index (χ0) is 11.0. The first-order valence-electron chi connectivity index (χ1n) is 4.95. The Bertz CT molecular complexity index is 378. The molecule has 1 aliphatic rings. The van der Waals surface area contributed by atoms with Gasteiger partial charge in [-0.05, 0) is 25.0 Å². The molecule has 0 spiro atoms. The molecular formula is C11H12F3N. The summed E-state index contributed by atoms with van der Waals surface area (Å²) in [7, 11) is 0. The number of nitrogens with one attached hydrogen (secondary N) is 1. The van der Waals surface area contributed by atoms with E-state index in [0.717, 1.165) is 12.5 Å². The Hall–Kier alpha value is -1.03. The van der Waals surface area contributed by atoms with Gasteiger partial charge in [-0.1, -0.05) is 0 Å². The predicted octanol–water partition coefficient (Wildman–Crippen LogP) is 2.57. The summed E-state index contributed by atoms with van der Waals surface area (Å²) in [5.41, 5.74) is 0.269. The third kappa shape index (κ3) is 2.00. The second kappa shape index (κ2) is 3.85. The molecule has 1 fully saturated rings. The Morgan fingerprint density at radius 1 is 1.13 bits per heavy atom. The predicted molar refractivity (Wildman–Crippen MR) is 51.1 cm³/mol. The Kier molecular flexibility index (Phi) is 2.69. The SMILES string of the molecule is CC1CC(c2cc(F)c(F)cc2F)CN1. The van der Waals surface area contributed by atoms with Gasteiger partial charge in [0.2, 0.25) is 0 Å². The van der Waals surface area contributed by atoms with Gasteiger partial charge in [-0.15, -0.1) is 0 Å². The molecule has 0 radical (unpaired) electrons. The lowest BCUT2D eigenvalue weighted by Gasteiger charge is -2.10. The van der Waals surface area contributed by atoms with E-state index in [-0.39, 0.29) is 11.5 Å². The van der Waals surface area contributed by atoms with Crippen LogP contribution in [0.15, 0.2) is 12.1 Å². The average molecular weight is 215 g/mol. The minimum absolute atomic E-state index is 0.0601. The molecule has 1 aliphatic heterocycles. The number of rotatable bonds is 1. The topological polar surface area (TPSA) is 12.0 Å². The van der Waals surface area contributed by atoms with Crippen molar-refractivity contribution in [2.45, 2.75) is 25.3 Å². The van der Waals surface area contributed by atoms with Gasteiger partial charge in [0.1, 0.15) is 5.82 Å². The summed E-state index contributed by atoms with van der Waals surface area (Å²) in [4.78, 5) is 0. The molecule has 1 heterocycles. The van der Waals surface area contributed by atoms with E-state index in [4.69, 9.17) is 0 Å². The first-order valence-corrected chi connectivity index (χ1v) is 4.95. The average Bonchev–Trinajstić information content (AvgIpc) is 2.58. The van der Waals surface area contributed by atoms with Crippen LogP contribution in [0.3, 0.4) is 0 Å². The van der Waals surface area contributed by atoms with Crippen LogP contribution in [0, 0.1) is 17.5 Å². The van der Waals surface area contributed by atoms with E-state index >= 15 is 0 Å². The molecule has 1 nitrogen and oxygen atoms in total. The van der Waals surface area contributed by atoms with Crippen LogP contribution in [0.2, 0.25) is 0 Å². The van der Waals surface area contributed by atoms with Gasteiger partial charge in [-0.25, -0.2) is 13.2 Å². The third-order valence-electron chi connectivity index (χ3n) is 2.83. The molecule has 2 atom stereocenters. The standard InChI is InChI=1S/C11H12F3N/c1-6-2-7(5-15-6)8-3-10(13)11(14)4-9(8)12/h3-4,6-7,15H,2,5H2,1H3. The third-order valence-corrected chi connectivity index (χ3v) is 2.83. The molecule has 0 bridgehead atoms. The summed E-state index contributed by atoms with van der Waals surface area (Å²) in [5, 5.41) is 3.15. The summed E-state index contributed by atoms with van der Waals surface area (Å²) in [6, 6.07) is 1.88. The first-order chi connectivity index (χ1) is 7.08. The number of benzene rings is 1. The van der Waals surface area contributed by atoms with Crippen LogP contribution >= 0.6 is 0 Å². The van der Waals surface area contributed by atoms with Crippen molar-refractivity contribution in [1.29, 1.82) is 0 Å². The van der Waals surface area contributed by atoms with E-state index in [1.165, 1.54) is 0 Å². The lowest BCUT2D eigenvalue weighted by molar-refractivity contribution is 0.485. The molecule has 0 aliphatic carbocycles. The van der Waals surface area contributed by atoms with Crippen molar-refractivity contribution >= 4 is 0 Å². The van der Waals surface area contributed by atoms with Crippen molar-refractivity contribution in [3.05, 3.63) is 35.1 Å². The second-order valence-electron chi connectivity index (χ2n) is 4.03. The van der Waals surface area contributed by atoms with Crippen molar-refractivity contribution in [2.75, 3.05) is 6.54 Å². The normalized spacial score (nSPS) is 25.9. The van der Waals surface area contributed by atoms with E-state index in [1.54, 1.807) is 0 Å². The fraction of sp³-hybridized carbons (Fsp3) is 0.455. The Labute approximate surface area is 86.3 Å². The van der Waals surface area contributed by atoms with E-state index < -0.39 is 17.5 Å². The fourth-order valence-electron chi connectivity index (χ4n) is 2.02. The molecule has 0 amide bonds. The highest BCUT2D eigenvalue weighted by molar-refractivity contribution is 5.25. The molecule has 1 aromatic rings. The Morgan fingerprint density at radius 3 is 2.40 bits per heavy atom. The summed E-state index contributed by atoms with van der Waals surface area (Å²) in [6.07, 6.45) is 0.752. The molecular weight excluding hydrogens is 203 g/mol. The number of hydrogen-bond donors (Lipinski definition) is 1. The smallest absolute Gasteiger partial charge is 0.161 e. The number of halogens is 3. The minimum Gasteiger partial charge on any atom is -0.314 e. The zero-order valence-electron chi connectivity index (χ0n) is 8.36. The molecule has 1 aromatic carbocycles. The summed E-state index contributed by atoms with van der Waals surface area (Å²) < 4.78 is 39.0. The Morgan fingerprint density at radius 2 is 1.80 bits per heavy atom. The largest absolute Gasteiger partial charge is 0.314 e. The van der Waals surface area contributed by atoms with Crippen LogP contribution in [0.1, 0.15) is 24.8 Å². The highest BCUT2D eigenvalue weighted by Crippen LogP contribution is 2.28. The quantitative estimate of drug-likeness (QED) is 0.710. The van der Waals surface area contributed by atoms with E-state index in [0.29, 0.717) is 18.7 Å². The van der Waals surface area contributed by atoms with Crippen LogP contribution in [0.4, 0.5) is 13.2 Å². The summed E-state index contributed by atoms with van der Waals surface area (Å²) >= 11 is 0. The van der Waals surface area contributed by atoms with Crippen LogP contribution < -0.4 is 5.32 Å². The van der Waals surface area contributed by atoms with E-state index in [2.05, 4.69) is 5.32 Å². The van der Waals surface area contributed by atoms with Crippen molar-refractivity contribution in [2.24, 2.45) is 0 Å². The maximum absolute atomic E-state index is 13.4. The van der Waals surface area contributed by atoms with Crippen LogP contribution in [0.25, 0.3) is 0 Å². The molecule has 1 saturated heterocycles. The molecule has 0 saturated carbocycles. The summed E-state index contributed by atoms with van der Waals surface area (Å²) in [5.74, 6) is -2.83. The maximum Gasteiger partial charge on any atom is 0.161 e. The van der Waals surface area contributed by atoms with Crippen molar-refractivity contribution in [3.8, 4) is 0 Å². The second-order valence-corrected chi connectivity index (χ2v) is 4.03. The minimum atomic E-state index is -1.13. The number of hydrogen-bond acceptors (Lipinski definition) is 1. The molecule has 2 unspecified atom stereocenters. The van der Waals surface area contributed by atoms with Crippen molar-refractivity contribution < 1.29 is 13.2 Å². The fourth-order valence-corrected chi connectivity index (χ4v) is 2.02. The van der Waals surface area contributed by atoms with Gasteiger partial charge in [0, 0.05) is 24.6 Å². The Balaban J connectivity index is 2.32. The van der Waals surface area contributed by atoms with Crippen LogP contribution in [-0.4, -0.2) is 12.6 Å². The molecule has 82 valence electrons. The van der Waals surface area contributed by atoms with E-state index in [9.17, 15) is 13.2 Å². The van der Waals surface area contributed by atoms with Crippen molar-refractivity contribution in [3.63, 3.8) is 0 Å². The van der Waals surface area contributed by atoms with Crippen LogP contribution in [-0.2, 0) is 0 Å². The van der Waals surface area contributed by atoms with Gasteiger partial charge in [0.05, 0.1) is 0 Å². The van der Waals surface area contributed by atoms with Gasteiger partial charge >= 0.3 is 0 Å². The van der Waals surface area contributed by atoms with Gasteiger partial charge in [-0.3, -0.25) is 0 Å². The summed E-state index contributed by atoms with van der Waals surface area (Å²) in [6.45, 7) is 2.60. The van der Waals surface area contributed by atoms with Gasteiger partial charge in [-0.2, -0.15) is 0 Å². The maximum atomic E-state index is 13.4. The monoisotopic (exact) mass is 215 g/mol. The van der Waals surface area contributed by atoms with Gasteiger partial charge in [0.25, 0.3) is 0 Å². The molecule has 2 rings (SSSR count). The van der Waals surface area contributed by atoms with Gasteiger partial charge < -0.3 is 5.32 Å². The molecule has 15 heavy (non-hydrogen) atoms. The van der Waals surface area contributed by atoms with Gasteiger partial charge in [0.15, 0.2) is 11.6 Å². The van der Waals surface area contributed by atoms with Crippen LogP contribution in [0.5, 0.6) is 0 Å². The molecule has 1 N–H and O–H groups in total. The molecule has 4 heteroatoms. The first kappa shape index (κ1) is 10.5. The molecule has 0 aromatic heterocycles. The highest BCUT2D eigenvalue weighted by atomic mass is 19.2. The van der Waals surface area contributed by atoms with E-state index in [1.807, 2.05) is 6.92 Å². The lowest BCUT2D eigenvalue weighted by atomic mass is 9.96. The highest BCUT2D eigenvalue weighted by Gasteiger charge is 2.25. The lowest BCUT2D eigenvalue weighted by Crippen LogP contribution is -2.16. The van der Waals surface area contributed by atoms with Crippen molar-refractivity contribution in [1.82, 2.24) is 5.32 Å².